The van der Waals surface area contributed by atoms with Crippen molar-refractivity contribution in [1.29, 1.82) is 0 Å². The standard InChI is InChI=1S/C26H20FN3O/c27-21-13-7-10-19(14-21)16-22-25-29-23(15-18-8-3-1-4-9-18)26(31)30(25)17-24(28-22)20-11-5-2-6-12-20/h1-14,17,31H,15-16H2. The molecule has 5 rings (SSSR count). The van der Waals surface area contributed by atoms with Crippen LogP contribution in [0, 0.1) is 5.82 Å². The number of aromatic hydroxyl groups is 1. The first-order valence-corrected chi connectivity index (χ1v) is 10.1. The molecule has 2 aromatic heterocycles. The van der Waals surface area contributed by atoms with Gasteiger partial charge >= 0.3 is 0 Å². The summed E-state index contributed by atoms with van der Waals surface area (Å²) in [5.74, 6) is -0.192. The van der Waals surface area contributed by atoms with Gasteiger partial charge in [0.1, 0.15) is 11.5 Å². The number of rotatable bonds is 5. The summed E-state index contributed by atoms with van der Waals surface area (Å²) in [6.07, 6.45) is 2.72. The Morgan fingerprint density at radius 1 is 0.742 bits per heavy atom. The summed E-state index contributed by atoms with van der Waals surface area (Å²) in [4.78, 5) is 9.56. The molecule has 0 aliphatic rings. The minimum absolute atomic E-state index is 0.0962. The van der Waals surface area contributed by atoms with Crippen LogP contribution in [0.5, 0.6) is 5.88 Å². The largest absolute Gasteiger partial charge is 0.493 e. The van der Waals surface area contributed by atoms with Gasteiger partial charge in [-0.25, -0.2) is 14.4 Å². The number of benzene rings is 3. The highest BCUT2D eigenvalue weighted by Crippen LogP contribution is 2.28. The van der Waals surface area contributed by atoms with Gasteiger partial charge in [0.05, 0.1) is 11.4 Å². The Balaban J connectivity index is 1.65. The first kappa shape index (κ1) is 19.0. The average molecular weight is 409 g/mol. The first-order valence-electron chi connectivity index (χ1n) is 10.1. The van der Waals surface area contributed by atoms with Crippen molar-refractivity contribution in [3.63, 3.8) is 0 Å². The fourth-order valence-corrected chi connectivity index (χ4v) is 3.76. The number of fused-ring (bicyclic) bond motifs is 1. The molecular formula is C26H20FN3O. The van der Waals surface area contributed by atoms with Crippen LogP contribution in [-0.2, 0) is 12.8 Å². The topological polar surface area (TPSA) is 50.4 Å². The molecule has 5 aromatic rings. The normalized spacial score (nSPS) is 11.1. The maximum absolute atomic E-state index is 13.8. The lowest BCUT2D eigenvalue weighted by Gasteiger charge is -2.08. The zero-order chi connectivity index (χ0) is 21.2. The summed E-state index contributed by atoms with van der Waals surface area (Å²) in [7, 11) is 0. The Kier molecular flexibility index (Phi) is 4.92. The van der Waals surface area contributed by atoms with E-state index in [0.717, 1.165) is 22.4 Å². The number of nitrogens with zero attached hydrogens (tertiary/aromatic N) is 3. The third-order valence-electron chi connectivity index (χ3n) is 5.26. The van der Waals surface area contributed by atoms with Crippen molar-refractivity contribution in [3.05, 3.63) is 119 Å². The van der Waals surface area contributed by atoms with Crippen molar-refractivity contribution in [2.24, 2.45) is 0 Å². The van der Waals surface area contributed by atoms with Gasteiger partial charge in [0, 0.05) is 24.6 Å². The second-order valence-corrected chi connectivity index (χ2v) is 7.48. The van der Waals surface area contributed by atoms with Crippen molar-refractivity contribution in [3.8, 4) is 17.1 Å². The molecule has 1 N–H and O–H groups in total. The molecule has 31 heavy (non-hydrogen) atoms. The lowest BCUT2D eigenvalue weighted by atomic mass is 10.1. The Labute approximate surface area is 179 Å². The maximum Gasteiger partial charge on any atom is 0.219 e. The molecule has 152 valence electrons. The molecule has 2 heterocycles. The second kappa shape index (κ2) is 8.03. The number of hydrogen-bond donors (Lipinski definition) is 1. The number of aromatic nitrogens is 3. The van der Waals surface area contributed by atoms with Crippen molar-refractivity contribution in [2.45, 2.75) is 12.8 Å². The Morgan fingerprint density at radius 2 is 1.42 bits per heavy atom. The quantitative estimate of drug-likeness (QED) is 0.422. The average Bonchev–Trinajstić information content (AvgIpc) is 3.11. The van der Waals surface area contributed by atoms with Crippen LogP contribution >= 0.6 is 0 Å². The van der Waals surface area contributed by atoms with Gasteiger partial charge in [-0.15, -0.1) is 0 Å². The van der Waals surface area contributed by atoms with Crippen LogP contribution in [0.25, 0.3) is 16.9 Å². The fourth-order valence-electron chi connectivity index (χ4n) is 3.76. The Bertz CT molecular complexity index is 1350. The summed E-state index contributed by atoms with van der Waals surface area (Å²) >= 11 is 0. The van der Waals surface area contributed by atoms with Crippen LogP contribution in [0.4, 0.5) is 4.39 Å². The summed E-state index contributed by atoms with van der Waals surface area (Å²) in [6.45, 7) is 0. The Morgan fingerprint density at radius 3 is 2.16 bits per heavy atom. The van der Waals surface area contributed by atoms with Gasteiger partial charge in [-0.3, -0.25) is 4.40 Å². The van der Waals surface area contributed by atoms with E-state index in [1.165, 1.54) is 12.1 Å². The SMILES string of the molecule is Oc1c(Cc2ccccc2)nc2c(Cc3cccc(F)c3)nc(-c3ccccc3)cn12. The van der Waals surface area contributed by atoms with Crippen LogP contribution < -0.4 is 0 Å². The zero-order valence-corrected chi connectivity index (χ0v) is 16.7. The summed E-state index contributed by atoms with van der Waals surface area (Å²) < 4.78 is 15.4. The summed E-state index contributed by atoms with van der Waals surface area (Å²) in [6, 6.07) is 26.2. The van der Waals surface area contributed by atoms with Gasteiger partial charge in [-0.1, -0.05) is 72.8 Å². The molecule has 0 bridgehead atoms. The fraction of sp³-hybridized carbons (Fsp3) is 0.0769. The van der Waals surface area contributed by atoms with Gasteiger partial charge in [-0.2, -0.15) is 0 Å². The van der Waals surface area contributed by atoms with Gasteiger partial charge < -0.3 is 5.11 Å². The summed E-state index contributed by atoms with van der Waals surface area (Å²) in [5, 5.41) is 11.0. The van der Waals surface area contributed by atoms with E-state index in [0.29, 0.717) is 29.9 Å². The highest BCUT2D eigenvalue weighted by atomic mass is 19.1. The van der Waals surface area contributed by atoms with Crippen LogP contribution in [-0.4, -0.2) is 19.5 Å². The van der Waals surface area contributed by atoms with Gasteiger partial charge in [0.2, 0.25) is 5.88 Å². The van der Waals surface area contributed by atoms with E-state index in [4.69, 9.17) is 9.97 Å². The van der Waals surface area contributed by atoms with E-state index in [1.54, 1.807) is 16.7 Å². The predicted octanol–water partition coefficient (Wildman–Crippen LogP) is 5.42. The smallest absolute Gasteiger partial charge is 0.219 e. The molecule has 0 amide bonds. The van der Waals surface area contributed by atoms with Crippen molar-refractivity contribution in [1.82, 2.24) is 14.4 Å². The molecule has 0 spiro atoms. The highest BCUT2D eigenvalue weighted by molar-refractivity contribution is 5.63. The first-order chi connectivity index (χ1) is 15.2. The third-order valence-corrected chi connectivity index (χ3v) is 5.26. The third kappa shape index (κ3) is 3.90. The Hall–Kier alpha value is -3.99. The van der Waals surface area contributed by atoms with E-state index >= 15 is 0 Å². The minimum Gasteiger partial charge on any atom is -0.493 e. The van der Waals surface area contributed by atoms with Crippen molar-refractivity contribution in [2.75, 3.05) is 0 Å². The van der Waals surface area contributed by atoms with E-state index in [-0.39, 0.29) is 11.7 Å². The van der Waals surface area contributed by atoms with E-state index in [1.807, 2.05) is 66.7 Å². The van der Waals surface area contributed by atoms with E-state index in [2.05, 4.69) is 0 Å². The lowest BCUT2D eigenvalue weighted by molar-refractivity contribution is 0.442. The lowest BCUT2D eigenvalue weighted by Crippen LogP contribution is -2.01. The van der Waals surface area contributed by atoms with E-state index < -0.39 is 0 Å². The molecule has 0 unspecified atom stereocenters. The molecule has 0 fully saturated rings. The van der Waals surface area contributed by atoms with Gasteiger partial charge in [-0.05, 0) is 23.3 Å². The molecule has 4 nitrogen and oxygen atoms in total. The van der Waals surface area contributed by atoms with E-state index in [9.17, 15) is 9.50 Å². The second-order valence-electron chi connectivity index (χ2n) is 7.48. The molecule has 0 saturated carbocycles. The minimum atomic E-state index is -0.288. The van der Waals surface area contributed by atoms with Gasteiger partial charge in [0.25, 0.3) is 0 Å². The molecule has 0 aliphatic heterocycles. The molecule has 3 aromatic carbocycles. The van der Waals surface area contributed by atoms with Crippen molar-refractivity contribution >= 4 is 5.65 Å². The molecule has 0 saturated heterocycles. The summed E-state index contributed by atoms with van der Waals surface area (Å²) in [5.41, 5.74) is 5.35. The number of halogens is 1. The molecular weight excluding hydrogens is 389 g/mol. The maximum atomic E-state index is 13.8. The molecule has 5 heteroatoms. The van der Waals surface area contributed by atoms with Crippen LogP contribution in [0.3, 0.4) is 0 Å². The monoisotopic (exact) mass is 409 g/mol. The van der Waals surface area contributed by atoms with Crippen LogP contribution in [0.2, 0.25) is 0 Å². The van der Waals surface area contributed by atoms with Crippen LogP contribution in [0.1, 0.15) is 22.5 Å². The number of imidazole rings is 1. The van der Waals surface area contributed by atoms with Crippen LogP contribution in [0.15, 0.2) is 91.1 Å². The highest BCUT2D eigenvalue weighted by Gasteiger charge is 2.18. The molecule has 0 aliphatic carbocycles. The number of hydrogen-bond acceptors (Lipinski definition) is 3. The zero-order valence-electron chi connectivity index (χ0n) is 16.7. The predicted molar refractivity (Wildman–Crippen MR) is 119 cm³/mol. The van der Waals surface area contributed by atoms with Gasteiger partial charge in [0.15, 0.2) is 5.65 Å². The van der Waals surface area contributed by atoms with Crippen molar-refractivity contribution < 1.29 is 9.50 Å². The molecule has 0 atom stereocenters. The molecule has 0 radical (unpaired) electrons.